The van der Waals surface area contributed by atoms with Crippen molar-refractivity contribution in [2.45, 2.75) is 6.42 Å². The number of hydrogen-bond acceptors (Lipinski definition) is 4. The largest absolute Gasteiger partial charge is 0.345 e. The highest BCUT2D eigenvalue weighted by molar-refractivity contribution is 7.92. The molecule has 0 spiro atoms. The molecular weight excluding hydrogens is 378 g/mol. The molecule has 2 amide bonds. The minimum atomic E-state index is -3.64. The van der Waals surface area contributed by atoms with Crippen LogP contribution in [0.2, 0.25) is 0 Å². The Morgan fingerprint density at radius 3 is 2.43 bits per heavy atom. The van der Waals surface area contributed by atoms with Crippen molar-refractivity contribution in [2.75, 3.05) is 26.0 Å². The topological polar surface area (TPSA) is 95.6 Å². The van der Waals surface area contributed by atoms with Crippen molar-refractivity contribution in [3.8, 4) is 0 Å². The third-order valence-corrected chi connectivity index (χ3v) is 4.79. The number of anilines is 1. The molecule has 0 bridgehead atoms. The van der Waals surface area contributed by atoms with E-state index in [9.17, 15) is 18.0 Å². The van der Waals surface area contributed by atoms with E-state index in [1.54, 1.807) is 50.5 Å². The van der Waals surface area contributed by atoms with Gasteiger partial charge in [0.05, 0.1) is 0 Å². The summed E-state index contributed by atoms with van der Waals surface area (Å²) in [4.78, 5) is 25.4. The fourth-order valence-electron chi connectivity index (χ4n) is 2.30. The molecule has 8 heteroatoms. The van der Waals surface area contributed by atoms with Gasteiger partial charge < -0.3 is 10.2 Å². The zero-order valence-corrected chi connectivity index (χ0v) is 16.6. The summed E-state index contributed by atoms with van der Waals surface area (Å²) in [5, 5.41) is 3.72. The highest BCUT2D eigenvalue weighted by atomic mass is 32.2. The number of carbonyl (C=O) groups is 2. The number of rotatable bonds is 8. The van der Waals surface area contributed by atoms with Gasteiger partial charge in [0.2, 0.25) is 15.9 Å². The van der Waals surface area contributed by atoms with Crippen LogP contribution in [0.4, 0.5) is 5.69 Å². The van der Waals surface area contributed by atoms with Crippen LogP contribution in [0, 0.1) is 0 Å². The minimum Gasteiger partial charge on any atom is -0.345 e. The van der Waals surface area contributed by atoms with Crippen LogP contribution in [0.25, 0.3) is 6.08 Å². The Kier molecular flexibility index (Phi) is 7.48. The summed E-state index contributed by atoms with van der Waals surface area (Å²) in [6.45, 7) is -0.0381. The smallest absolute Gasteiger partial charge is 0.253 e. The van der Waals surface area contributed by atoms with Crippen molar-refractivity contribution in [3.05, 3.63) is 71.1 Å². The third kappa shape index (κ3) is 6.98. The van der Waals surface area contributed by atoms with Crippen molar-refractivity contribution in [2.24, 2.45) is 0 Å². The lowest BCUT2D eigenvalue weighted by molar-refractivity contribution is -0.116. The van der Waals surface area contributed by atoms with E-state index in [1.807, 2.05) is 18.2 Å². The Labute approximate surface area is 165 Å². The fourth-order valence-corrected chi connectivity index (χ4v) is 3.12. The number of sulfonamides is 1. The SMILES string of the molecule is CN(C)C(=O)c1cccc(NC(=O)CCNS(=O)(=O)/C=C/c2ccccc2)c1. The van der Waals surface area contributed by atoms with Crippen LogP contribution >= 0.6 is 0 Å². The average molecular weight is 401 g/mol. The summed E-state index contributed by atoms with van der Waals surface area (Å²) < 4.78 is 26.3. The molecule has 2 aromatic rings. The number of nitrogens with one attached hydrogen (secondary N) is 2. The van der Waals surface area contributed by atoms with E-state index in [0.29, 0.717) is 11.3 Å². The average Bonchev–Trinajstić information content (AvgIpc) is 2.66. The van der Waals surface area contributed by atoms with Gasteiger partial charge in [0.1, 0.15) is 0 Å². The maximum atomic E-state index is 12.0. The second-order valence-corrected chi connectivity index (χ2v) is 7.88. The summed E-state index contributed by atoms with van der Waals surface area (Å²) in [5.41, 5.74) is 1.69. The van der Waals surface area contributed by atoms with Crippen molar-refractivity contribution in [1.82, 2.24) is 9.62 Å². The lowest BCUT2D eigenvalue weighted by Crippen LogP contribution is -2.26. The molecule has 2 N–H and O–H groups in total. The lowest BCUT2D eigenvalue weighted by atomic mass is 10.2. The van der Waals surface area contributed by atoms with Gasteiger partial charge in [-0.15, -0.1) is 0 Å². The van der Waals surface area contributed by atoms with Crippen LogP contribution in [-0.2, 0) is 14.8 Å². The lowest BCUT2D eigenvalue weighted by Gasteiger charge is -2.11. The quantitative estimate of drug-likeness (QED) is 0.710. The van der Waals surface area contributed by atoms with Crippen molar-refractivity contribution in [1.29, 1.82) is 0 Å². The highest BCUT2D eigenvalue weighted by Crippen LogP contribution is 2.12. The predicted octanol–water partition coefficient (Wildman–Crippen LogP) is 2.31. The molecule has 0 saturated heterocycles. The predicted molar refractivity (Wildman–Crippen MR) is 110 cm³/mol. The molecule has 2 aromatic carbocycles. The van der Waals surface area contributed by atoms with E-state index in [2.05, 4.69) is 10.0 Å². The molecule has 148 valence electrons. The van der Waals surface area contributed by atoms with Crippen LogP contribution in [0.5, 0.6) is 0 Å². The number of carbonyl (C=O) groups excluding carboxylic acids is 2. The first-order valence-corrected chi connectivity index (χ1v) is 10.2. The van der Waals surface area contributed by atoms with E-state index in [-0.39, 0.29) is 24.8 Å². The molecule has 0 aromatic heterocycles. The van der Waals surface area contributed by atoms with Crippen LogP contribution in [-0.4, -0.2) is 45.8 Å². The third-order valence-electron chi connectivity index (χ3n) is 3.69. The Balaban J connectivity index is 1.85. The van der Waals surface area contributed by atoms with Gasteiger partial charge in [-0.3, -0.25) is 9.59 Å². The molecule has 7 nitrogen and oxygen atoms in total. The second kappa shape index (κ2) is 9.82. The monoisotopic (exact) mass is 401 g/mol. The summed E-state index contributed by atoms with van der Waals surface area (Å²) in [5.74, 6) is -0.529. The maximum absolute atomic E-state index is 12.0. The number of benzene rings is 2. The Morgan fingerprint density at radius 2 is 1.75 bits per heavy atom. The standard InChI is InChI=1S/C20H23N3O4S/c1-23(2)20(25)17-9-6-10-18(15-17)22-19(24)11-13-21-28(26,27)14-12-16-7-4-3-5-8-16/h3-10,12,14-15,21H,11,13H2,1-2H3,(H,22,24)/b14-12+. The van der Waals surface area contributed by atoms with Gasteiger partial charge >= 0.3 is 0 Å². The van der Waals surface area contributed by atoms with Gasteiger partial charge in [-0.05, 0) is 29.8 Å². The van der Waals surface area contributed by atoms with Crippen molar-refractivity contribution in [3.63, 3.8) is 0 Å². The zero-order chi connectivity index (χ0) is 20.6. The molecule has 0 atom stereocenters. The summed E-state index contributed by atoms with van der Waals surface area (Å²) in [7, 11) is -0.347. The fraction of sp³-hybridized carbons (Fsp3) is 0.200. The van der Waals surface area contributed by atoms with Gasteiger partial charge in [0, 0.05) is 43.7 Å². The summed E-state index contributed by atoms with van der Waals surface area (Å²) >= 11 is 0. The zero-order valence-electron chi connectivity index (χ0n) is 15.8. The molecule has 0 unspecified atom stereocenters. The minimum absolute atomic E-state index is 0.0374. The molecule has 0 aliphatic rings. The van der Waals surface area contributed by atoms with Gasteiger partial charge in [-0.25, -0.2) is 13.1 Å². The molecule has 0 radical (unpaired) electrons. The van der Waals surface area contributed by atoms with Crippen LogP contribution < -0.4 is 10.0 Å². The van der Waals surface area contributed by atoms with Gasteiger partial charge in [-0.1, -0.05) is 36.4 Å². The first kappa shape index (κ1) is 21.3. The Hall–Kier alpha value is -2.97. The summed E-state index contributed by atoms with van der Waals surface area (Å²) in [6, 6.07) is 15.6. The van der Waals surface area contributed by atoms with E-state index >= 15 is 0 Å². The molecule has 0 fully saturated rings. The molecule has 0 heterocycles. The van der Waals surface area contributed by atoms with Crippen molar-refractivity contribution < 1.29 is 18.0 Å². The van der Waals surface area contributed by atoms with Crippen LogP contribution in [0.3, 0.4) is 0 Å². The highest BCUT2D eigenvalue weighted by Gasteiger charge is 2.10. The molecule has 28 heavy (non-hydrogen) atoms. The second-order valence-electron chi connectivity index (χ2n) is 6.23. The van der Waals surface area contributed by atoms with E-state index in [0.717, 1.165) is 11.0 Å². The molecule has 0 saturated carbocycles. The number of hydrogen-bond donors (Lipinski definition) is 2. The number of nitrogens with zero attached hydrogens (tertiary/aromatic N) is 1. The first-order chi connectivity index (χ1) is 13.3. The molecule has 2 rings (SSSR count). The van der Waals surface area contributed by atoms with E-state index < -0.39 is 10.0 Å². The summed E-state index contributed by atoms with van der Waals surface area (Å²) in [6.07, 6.45) is 1.44. The Bertz CT molecular complexity index is 954. The van der Waals surface area contributed by atoms with Crippen LogP contribution in [0.1, 0.15) is 22.3 Å². The molecule has 0 aliphatic heterocycles. The normalized spacial score (nSPS) is 11.4. The van der Waals surface area contributed by atoms with E-state index in [1.165, 1.54) is 11.0 Å². The van der Waals surface area contributed by atoms with Gasteiger partial charge in [0.15, 0.2) is 0 Å². The molecular formula is C20H23N3O4S. The molecule has 0 aliphatic carbocycles. The van der Waals surface area contributed by atoms with E-state index in [4.69, 9.17) is 0 Å². The maximum Gasteiger partial charge on any atom is 0.253 e. The van der Waals surface area contributed by atoms with Gasteiger partial charge in [-0.2, -0.15) is 0 Å². The Morgan fingerprint density at radius 1 is 1.04 bits per heavy atom. The van der Waals surface area contributed by atoms with Gasteiger partial charge in [0.25, 0.3) is 5.91 Å². The van der Waals surface area contributed by atoms with Crippen LogP contribution in [0.15, 0.2) is 60.0 Å². The first-order valence-electron chi connectivity index (χ1n) is 8.61. The van der Waals surface area contributed by atoms with Crippen molar-refractivity contribution >= 4 is 33.6 Å². The number of amides is 2.